The van der Waals surface area contributed by atoms with E-state index >= 15 is 0 Å². The van der Waals surface area contributed by atoms with E-state index in [2.05, 4.69) is 22.3 Å². The highest BCUT2D eigenvalue weighted by Gasteiger charge is 2.23. The number of morpholine rings is 1. The number of ether oxygens (including phenoxy) is 1. The molecule has 1 aliphatic heterocycles. The van der Waals surface area contributed by atoms with Crippen LogP contribution in [0, 0.1) is 6.92 Å². The Morgan fingerprint density at radius 1 is 1.24 bits per heavy atom. The van der Waals surface area contributed by atoms with Crippen molar-refractivity contribution in [1.82, 2.24) is 29.0 Å². The van der Waals surface area contributed by atoms with Gasteiger partial charge in [-0.2, -0.15) is 5.10 Å². The molecular formula is C27H32Cl2N6O3. The Kier molecular flexibility index (Phi) is 8.42. The maximum absolute atomic E-state index is 12.9. The van der Waals surface area contributed by atoms with E-state index in [1.807, 2.05) is 45.2 Å². The van der Waals surface area contributed by atoms with E-state index in [-0.39, 0.29) is 42.3 Å². The van der Waals surface area contributed by atoms with Gasteiger partial charge in [-0.1, -0.05) is 11.6 Å². The van der Waals surface area contributed by atoms with Gasteiger partial charge in [0.05, 0.1) is 30.5 Å². The van der Waals surface area contributed by atoms with Crippen LogP contribution in [0.1, 0.15) is 43.5 Å². The standard InChI is InChI=1S/C27H31ClN6O3.ClH/c1-16(2)32-6-5-25(35)33(27(32)36)12-19-8-24-26(30-15-31-34(24)13-19)23-9-20(28)7-17(3)22(23)10-21-11-29-18(4)14-37-21;/h5-9,13,15-16,18,21,29H,10-12,14H2,1-4H3;1H/t18-,21?;/m0./s1. The van der Waals surface area contributed by atoms with Gasteiger partial charge in [-0.25, -0.2) is 14.3 Å². The minimum atomic E-state index is -0.341. The molecule has 1 saturated heterocycles. The number of hydrogen-bond acceptors (Lipinski definition) is 6. The second-order valence-corrected chi connectivity index (χ2v) is 10.5. The van der Waals surface area contributed by atoms with Crippen LogP contribution in [-0.2, 0) is 17.7 Å². The highest BCUT2D eigenvalue weighted by Crippen LogP contribution is 2.33. The van der Waals surface area contributed by atoms with Crippen molar-refractivity contribution >= 4 is 29.5 Å². The van der Waals surface area contributed by atoms with Crippen molar-refractivity contribution in [3.8, 4) is 11.3 Å². The van der Waals surface area contributed by atoms with Crippen molar-refractivity contribution in [1.29, 1.82) is 0 Å². The van der Waals surface area contributed by atoms with Crippen molar-refractivity contribution in [3.05, 3.63) is 85.5 Å². The molecule has 0 amide bonds. The Balaban J connectivity index is 0.00000336. The van der Waals surface area contributed by atoms with E-state index in [4.69, 9.17) is 16.3 Å². The van der Waals surface area contributed by atoms with Gasteiger partial charge in [-0.3, -0.25) is 13.9 Å². The predicted octanol–water partition coefficient (Wildman–Crippen LogP) is 3.65. The molecule has 9 nitrogen and oxygen atoms in total. The van der Waals surface area contributed by atoms with Crippen LogP contribution in [0.25, 0.3) is 16.8 Å². The lowest BCUT2D eigenvalue weighted by atomic mass is 9.93. The van der Waals surface area contributed by atoms with E-state index in [0.29, 0.717) is 17.7 Å². The molecule has 3 aromatic heterocycles. The van der Waals surface area contributed by atoms with E-state index in [9.17, 15) is 9.59 Å². The van der Waals surface area contributed by atoms with Gasteiger partial charge in [-0.15, -0.1) is 12.4 Å². The summed E-state index contributed by atoms with van der Waals surface area (Å²) in [6.07, 6.45) is 5.64. The summed E-state index contributed by atoms with van der Waals surface area (Å²) < 4.78 is 10.6. The fourth-order valence-electron chi connectivity index (χ4n) is 4.87. The number of benzene rings is 1. The van der Waals surface area contributed by atoms with Gasteiger partial charge in [0, 0.05) is 54.1 Å². The number of aromatic nitrogens is 5. The summed E-state index contributed by atoms with van der Waals surface area (Å²) in [5.41, 5.74) is 4.70. The molecule has 1 N–H and O–H groups in total. The molecule has 4 heterocycles. The molecule has 5 rings (SSSR count). The average molecular weight is 559 g/mol. The second-order valence-electron chi connectivity index (χ2n) is 10.0. The summed E-state index contributed by atoms with van der Waals surface area (Å²) in [4.78, 5) is 30.1. The first-order chi connectivity index (χ1) is 17.7. The van der Waals surface area contributed by atoms with Crippen LogP contribution in [-0.4, -0.2) is 49.0 Å². The van der Waals surface area contributed by atoms with Gasteiger partial charge in [-0.05, 0) is 62.6 Å². The highest BCUT2D eigenvalue weighted by molar-refractivity contribution is 6.31. The lowest BCUT2D eigenvalue weighted by Gasteiger charge is -2.29. The Labute approximate surface area is 231 Å². The van der Waals surface area contributed by atoms with E-state index in [1.165, 1.54) is 17.0 Å². The lowest BCUT2D eigenvalue weighted by Crippen LogP contribution is -2.45. The summed E-state index contributed by atoms with van der Waals surface area (Å²) in [6, 6.07) is 7.52. The molecule has 0 aliphatic carbocycles. The van der Waals surface area contributed by atoms with Gasteiger partial charge in [0.15, 0.2) is 0 Å². The van der Waals surface area contributed by atoms with E-state index in [1.54, 1.807) is 15.3 Å². The molecule has 202 valence electrons. The molecule has 1 aliphatic rings. The van der Waals surface area contributed by atoms with Crippen molar-refractivity contribution in [3.63, 3.8) is 0 Å². The number of hydrogen-bond donors (Lipinski definition) is 1. The Morgan fingerprint density at radius 3 is 2.74 bits per heavy atom. The van der Waals surface area contributed by atoms with Crippen LogP contribution in [0.5, 0.6) is 0 Å². The molecule has 2 atom stereocenters. The normalized spacial score (nSPS) is 17.6. The van der Waals surface area contributed by atoms with E-state index in [0.717, 1.165) is 46.4 Å². The third kappa shape index (κ3) is 5.56. The van der Waals surface area contributed by atoms with Crippen LogP contribution in [0.4, 0.5) is 0 Å². The summed E-state index contributed by atoms with van der Waals surface area (Å²) in [5, 5.41) is 8.49. The quantitative estimate of drug-likeness (QED) is 0.388. The van der Waals surface area contributed by atoms with Crippen molar-refractivity contribution in [2.24, 2.45) is 0 Å². The number of nitrogens with zero attached hydrogens (tertiary/aromatic N) is 5. The zero-order valence-corrected chi connectivity index (χ0v) is 23.4. The third-order valence-corrected chi connectivity index (χ3v) is 7.07. The number of fused-ring (bicyclic) bond motifs is 1. The maximum atomic E-state index is 12.9. The predicted molar refractivity (Wildman–Crippen MR) is 151 cm³/mol. The average Bonchev–Trinajstić information content (AvgIpc) is 3.27. The molecule has 38 heavy (non-hydrogen) atoms. The van der Waals surface area contributed by atoms with E-state index < -0.39 is 0 Å². The van der Waals surface area contributed by atoms with Crippen LogP contribution < -0.4 is 16.6 Å². The SMILES string of the molecule is Cc1cc(Cl)cc(-c2ncnn3cc(Cn4c(=O)ccn(C(C)C)c4=O)cc23)c1CC1CN[C@@H](C)CO1.Cl. The third-order valence-electron chi connectivity index (χ3n) is 6.86. The Hall–Kier alpha value is -2.98. The monoisotopic (exact) mass is 558 g/mol. The molecule has 1 unspecified atom stereocenters. The highest BCUT2D eigenvalue weighted by atomic mass is 35.5. The fraction of sp³-hybridized carbons (Fsp3) is 0.407. The molecule has 0 saturated carbocycles. The molecule has 0 bridgehead atoms. The fourth-order valence-corrected chi connectivity index (χ4v) is 5.15. The lowest BCUT2D eigenvalue weighted by molar-refractivity contribution is 0.00880. The number of rotatable bonds is 6. The van der Waals surface area contributed by atoms with Crippen LogP contribution >= 0.6 is 24.0 Å². The first-order valence-corrected chi connectivity index (χ1v) is 12.9. The van der Waals surface area contributed by atoms with Gasteiger partial charge in [0.2, 0.25) is 0 Å². The number of nitrogens with one attached hydrogen (secondary N) is 1. The summed E-state index contributed by atoms with van der Waals surface area (Å²) in [7, 11) is 0. The minimum Gasteiger partial charge on any atom is -0.375 e. The molecule has 0 radical (unpaired) electrons. The summed E-state index contributed by atoms with van der Waals surface area (Å²) >= 11 is 6.50. The topological polar surface area (TPSA) is 95.5 Å². The zero-order chi connectivity index (χ0) is 26.3. The van der Waals surface area contributed by atoms with Gasteiger partial charge in [0.1, 0.15) is 6.33 Å². The number of aryl methyl sites for hydroxylation is 1. The van der Waals surface area contributed by atoms with Gasteiger partial charge in [0.25, 0.3) is 5.56 Å². The largest absolute Gasteiger partial charge is 0.375 e. The van der Waals surface area contributed by atoms with Crippen LogP contribution in [0.2, 0.25) is 5.02 Å². The van der Waals surface area contributed by atoms with Crippen molar-refractivity contribution in [2.45, 2.75) is 58.8 Å². The minimum absolute atomic E-state index is 0. The van der Waals surface area contributed by atoms with Crippen molar-refractivity contribution < 1.29 is 4.74 Å². The molecule has 11 heteroatoms. The smallest absolute Gasteiger partial charge is 0.331 e. The zero-order valence-electron chi connectivity index (χ0n) is 21.8. The Bertz CT molecular complexity index is 1570. The first kappa shape index (κ1) is 28.0. The summed E-state index contributed by atoms with van der Waals surface area (Å²) in [5.74, 6) is 0. The van der Waals surface area contributed by atoms with Crippen LogP contribution in [0.15, 0.2) is 52.6 Å². The summed E-state index contributed by atoms with van der Waals surface area (Å²) in [6.45, 7) is 9.55. The maximum Gasteiger partial charge on any atom is 0.331 e. The molecule has 0 spiro atoms. The van der Waals surface area contributed by atoms with Crippen molar-refractivity contribution in [2.75, 3.05) is 13.2 Å². The molecule has 1 aromatic carbocycles. The molecule has 4 aromatic rings. The van der Waals surface area contributed by atoms with Gasteiger partial charge < -0.3 is 10.1 Å². The van der Waals surface area contributed by atoms with Crippen LogP contribution in [0.3, 0.4) is 0 Å². The van der Waals surface area contributed by atoms with Gasteiger partial charge >= 0.3 is 5.69 Å². The Morgan fingerprint density at radius 2 is 2.03 bits per heavy atom. The first-order valence-electron chi connectivity index (χ1n) is 12.5. The second kappa shape index (κ2) is 11.4. The molecular weight excluding hydrogens is 527 g/mol. The molecule has 1 fully saturated rings. The number of halogens is 2.